The summed E-state index contributed by atoms with van der Waals surface area (Å²) in [5, 5.41) is 0. The van der Waals surface area contributed by atoms with Crippen molar-refractivity contribution in [1.29, 1.82) is 0 Å². The molecule has 2 N–H and O–H groups in total. The van der Waals surface area contributed by atoms with Gasteiger partial charge < -0.3 is 5.73 Å². The van der Waals surface area contributed by atoms with Gasteiger partial charge in [-0.1, -0.05) is 25.1 Å². The van der Waals surface area contributed by atoms with E-state index in [1.165, 1.54) is 0 Å². The van der Waals surface area contributed by atoms with Gasteiger partial charge >= 0.3 is 0 Å². The maximum absolute atomic E-state index is 11.9. The van der Waals surface area contributed by atoms with Crippen LogP contribution in [0.15, 0.2) is 29.2 Å². The maximum atomic E-state index is 11.9. The molecule has 0 saturated carbocycles. The lowest BCUT2D eigenvalue weighted by molar-refractivity contribution is 0.640. The van der Waals surface area contributed by atoms with Gasteiger partial charge in [0.05, 0.1) is 10.8 Å². The molecule has 0 radical (unpaired) electrons. The first-order chi connectivity index (χ1) is 6.65. The molecule has 0 aromatic heterocycles. The minimum Gasteiger partial charge on any atom is -0.330 e. The van der Waals surface area contributed by atoms with E-state index in [4.69, 9.17) is 5.73 Å². The zero-order chi connectivity index (χ0) is 10.6. The standard InChI is InChI=1S/C11H17NOS/c1-9(7-12)8-14(13)11-6-4-3-5-10(11)2/h3-6,9H,7-8,12H2,1-2H3. The number of hydrogen-bond acceptors (Lipinski definition) is 2. The summed E-state index contributed by atoms with van der Waals surface area (Å²) in [4.78, 5) is 0.938. The largest absolute Gasteiger partial charge is 0.330 e. The van der Waals surface area contributed by atoms with Crippen molar-refractivity contribution in [2.24, 2.45) is 11.7 Å². The van der Waals surface area contributed by atoms with E-state index in [0.29, 0.717) is 18.2 Å². The Morgan fingerprint density at radius 1 is 1.43 bits per heavy atom. The number of nitrogens with two attached hydrogens (primary N) is 1. The Morgan fingerprint density at radius 2 is 2.07 bits per heavy atom. The SMILES string of the molecule is Cc1ccccc1S(=O)CC(C)CN. The maximum Gasteiger partial charge on any atom is 0.0535 e. The molecule has 2 unspecified atom stereocenters. The predicted octanol–water partition coefficient (Wildman–Crippen LogP) is 1.70. The van der Waals surface area contributed by atoms with Crippen molar-refractivity contribution in [2.45, 2.75) is 18.7 Å². The second kappa shape index (κ2) is 5.27. The molecule has 0 fully saturated rings. The van der Waals surface area contributed by atoms with Crippen LogP contribution in [0.4, 0.5) is 0 Å². The van der Waals surface area contributed by atoms with Crippen molar-refractivity contribution < 1.29 is 4.21 Å². The van der Waals surface area contributed by atoms with E-state index in [1.54, 1.807) is 0 Å². The summed E-state index contributed by atoms with van der Waals surface area (Å²) in [6, 6.07) is 7.80. The van der Waals surface area contributed by atoms with E-state index in [1.807, 2.05) is 38.1 Å². The van der Waals surface area contributed by atoms with Gasteiger partial charge in [-0.2, -0.15) is 0 Å². The topological polar surface area (TPSA) is 43.1 Å². The van der Waals surface area contributed by atoms with Crippen molar-refractivity contribution in [2.75, 3.05) is 12.3 Å². The second-order valence-corrected chi connectivity index (χ2v) is 5.08. The van der Waals surface area contributed by atoms with Crippen LogP contribution in [-0.4, -0.2) is 16.5 Å². The van der Waals surface area contributed by atoms with Crippen molar-refractivity contribution >= 4 is 10.8 Å². The fourth-order valence-electron chi connectivity index (χ4n) is 1.23. The molecule has 0 bridgehead atoms. The number of rotatable bonds is 4. The Balaban J connectivity index is 2.75. The third kappa shape index (κ3) is 2.93. The zero-order valence-corrected chi connectivity index (χ0v) is 9.51. The average molecular weight is 211 g/mol. The Labute approximate surface area is 88.0 Å². The lowest BCUT2D eigenvalue weighted by Gasteiger charge is -2.09. The molecule has 0 aliphatic rings. The molecular weight excluding hydrogens is 194 g/mol. The number of aryl methyl sites for hydroxylation is 1. The minimum atomic E-state index is -0.905. The predicted molar refractivity (Wildman–Crippen MR) is 60.7 cm³/mol. The van der Waals surface area contributed by atoms with Crippen LogP contribution in [0.1, 0.15) is 12.5 Å². The van der Waals surface area contributed by atoms with Crippen LogP contribution in [0, 0.1) is 12.8 Å². The highest BCUT2D eigenvalue weighted by Crippen LogP contribution is 2.14. The summed E-state index contributed by atoms with van der Waals surface area (Å²) < 4.78 is 11.9. The van der Waals surface area contributed by atoms with Crippen LogP contribution >= 0.6 is 0 Å². The van der Waals surface area contributed by atoms with E-state index >= 15 is 0 Å². The Bertz CT molecular complexity index is 325. The van der Waals surface area contributed by atoms with E-state index in [2.05, 4.69) is 0 Å². The molecule has 0 amide bonds. The molecule has 0 saturated heterocycles. The molecule has 0 spiro atoms. The average Bonchev–Trinajstić information content (AvgIpc) is 2.18. The highest BCUT2D eigenvalue weighted by Gasteiger charge is 2.09. The van der Waals surface area contributed by atoms with Gasteiger partial charge in [0.1, 0.15) is 0 Å². The monoisotopic (exact) mass is 211 g/mol. The van der Waals surface area contributed by atoms with Gasteiger partial charge in [-0.25, -0.2) is 0 Å². The molecule has 0 aliphatic carbocycles. The molecule has 2 nitrogen and oxygen atoms in total. The quantitative estimate of drug-likeness (QED) is 0.823. The second-order valence-electron chi connectivity index (χ2n) is 3.62. The summed E-state index contributed by atoms with van der Waals surface area (Å²) in [6.07, 6.45) is 0. The van der Waals surface area contributed by atoms with Crippen molar-refractivity contribution in [3.05, 3.63) is 29.8 Å². The smallest absolute Gasteiger partial charge is 0.0535 e. The summed E-state index contributed by atoms with van der Waals surface area (Å²) in [5.74, 6) is 0.969. The first-order valence-electron chi connectivity index (χ1n) is 4.79. The first kappa shape index (κ1) is 11.4. The van der Waals surface area contributed by atoms with E-state index < -0.39 is 10.8 Å². The fourth-order valence-corrected chi connectivity index (χ4v) is 2.72. The molecule has 1 rings (SSSR count). The normalized spacial score (nSPS) is 15.1. The number of hydrogen-bond donors (Lipinski definition) is 1. The third-order valence-corrected chi connectivity index (χ3v) is 4.00. The fraction of sp³-hybridized carbons (Fsp3) is 0.455. The molecular formula is C11H17NOS. The Kier molecular flexibility index (Phi) is 4.29. The molecule has 3 heteroatoms. The first-order valence-corrected chi connectivity index (χ1v) is 6.11. The van der Waals surface area contributed by atoms with Gasteiger partial charge in [-0.15, -0.1) is 0 Å². The van der Waals surface area contributed by atoms with Crippen molar-refractivity contribution in [3.63, 3.8) is 0 Å². The highest BCUT2D eigenvalue weighted by atomic mass is 32.2. The number of benzene rings is 1. The van der Waals surface area contributed by atoms with E-state index in [0.717, 1.165) is 10.5 Å². The van der Waals surface area contributed by atoms with Crippen LogP contribution < -0.4 is 5.73 Å². The lowest BCUT2D eigenvalue weighted by Crippen LogP contribution is -2.18. The van der Waals surface area contributed by atoms with Gasteiger partial charge in [0.25, 0.3) is 0 Å². The summed E-state index contributed by atoms with van der Waals surface area (Å²) in [6.45, 7) is 4.61. The van der Waals surface area contributed by atoms with E-state index in [-0.39, 0.29) is 0 Å². The Morgan fingerprint density at radius 3 is 2.64 bits per heavy atom. The lowest BCUT2D eigenvalue weighted by atomic mass is 10.2. The molecule has 14 heavy (non-hydrogen) atoms. The van der Waals surface area contributed by atoms with Gasteiger partial charge in [0.15, 0.2) is 0 Å². The van der Waals surface area contributed by atoms with Crippen molar-refractivity contribution in [3.8, 4) is 0 Å². The van der Waals surface area contributed by atoms with Crippen LogP contribution in [-0.2, 0) is 10.8 Å². The van der Waals surface area contributed by atoms with Gasteiger partial charge in [-0.05, 0) is 31.0 Å². The van der Waals surface area contributed by atoms with E-state index in [9.17, 15) is 4.21 Å². The van der Waals surface area contributed by atoms with Crippen LogP contribution in [0.2, 0.25) is 0 Å². The van der Waals surface area contributed by atoms with Gasteiger partial charge in [0, 0.05) is 10.6 Å². The van der Waals surface area contributed by atoms with Crippen LogP contribution in [0.5, 0.6) is 0 Å². The molecule has 1 aromatic carbocycles. The summed E-state index contributed by atoms with van der Waals surface area (Å²) >= 11 is 0. The zero-order valence-electron chi connectivity index (χ0n) is 8.69. The van der Waals surface area contributed by atoms with Gasteiger partial charge in [-0.3, -0.25) is 4.21 Å². The highest BCUT2D eigenvalue weighted by molar-refractivity contribution is 7.85. The molecule has 2 atom stereocenters. The molecule has 1 aromatic rings. The van der Waals surface area contributed by atoms with Gasteiger partial charge in [0.2, 0.25) is 0 Å². The third-order valence-electron chi connectivity index (χ3n) is 2.18. The molecule has 0 heterocycles. The molecule has 78 valence electrons. The van der Waals surface area contributed by atoms with Crippen LogP contribution in [0.25, 0.3) is 0 Å². The minimum absolute atomic E-state index is 0.315. The Hall–Kier alpha value is -0.670. The van der Waals surface area contributed by atoms with Crippen LogP contribution in [0.3, 0.4) is 0 Å². The summed E-state index contributed by atoms with van der Waals surface area (Å²) in [7, 11) is -0.905. The molecule has 0 aliphatic heterocycles. The van der Waals surface area contributed by atoms with Crippen molar-refractivity contribution in [1.82, 2.24) is 0 Å². The summed E-state index contributed by atoms with van der Waals surface area (Å²) in [5.41, 5.74) is 6.59.